The molecule has 1 amide bonds. The average Bonchev–Trinajstić information content (AvgIpc) is 2.94. The maximum absolute atomic E-state index is 13.1. The van der Waals surface area contributed by atoms with Crippen molar-refractivity contribution in [1.29, 1.82) is 0 Å². The summed E-state index contributed by atoms with van der Waals surface area (Å²) in [6, 6.07) is 17.9. The Hall–Kier alpha value is -3.29. The van der Waals surface area contributed by atoms with Gasteiger partial charge in [0.1, 0.15) is 0 Å². The summed E-state index contributed by atoms with van der Waals surface area (Å²) in [6.07, 6.45) is 3.46. The molecule has 1 aromatic heterocycles. The number of benzene rings is 2. The molecule has 0 atom stereocenters. The summed E-state index contributed by atoms with van der Waals surface area (Å²) in [4.78, 5) is 37.3. The fraction of sp³-hybridized carbons (Fsp3) is 0.414. The van der Waals surface area contributed by atoms with Crippen molar-refractivity contribution in [1.82, 2.24) is 19.7 Å². The van der Waals surface area contributed by atoms with Crippen LogP contribution >= 0.6 is 0 Å². The molecule has 3 heterocycles. The first kappa shape index (κ1) is 24.4. The monoisotopic (exact) mass is 486 g/mol. The Labute approximate surface area is 212 Å². The highest BCUT2D eigenvalue weighted by molar-refractivity contribution is 6.07. The molecule has 7 nitrogen and oxygen atoms in total. The van der Waals surface area contributed by atoms with Gasteiger partial charge in [-0.3, -0.25) is 19.6 Å². The topological polar surface area (TPSA) is 66.0 Å². The molecule has 36 heavy (non-hydrogen) atoms. The van der Waals surface area contributed by atoms with E-state index in [1.54, 1.807) is 0 Å². The normalized spacial score (nSPS) is 17.3. The fourth-order valence-corrected chi connectivity index (χ4v) is 5.36. The maximum Gasteiger partial charge on any atom is 0.340 e. The van der Waals surface area contributed by atoms with Crippen molar-refractivity contribution >= 4 is 22.8 Å². The molecule has 0 aliphatic carbocycles. The largest absolute Gasteiger partial charge is 0.465 e. The maximum atomic E-state index is 13.1. The number of esters is 1. The van der Waals surface area contributed by atoms with E-state index in [0.29, 0.717) is 18.7 Å². The third-order valence-electron chi connectivity index (χ3n) is 7.33. The number of hydrogen-bond donors (Lipinski definition) is 0. The van der Waals surface area contributed by atoms with Gasteiger partial charge in [0, 0.05) is 56.8 Å². The number of carbonyl (C=O) groups is 2. The van der Waals surface area contributed by atoms with Gasteiger partial charge in [-0.25, -0.2) is 4.79 Å². The molecule has 0 N–H and O–H groups in total. The summed E-state index contributed by atoms with van der Waals surface area (Å²) in [7, 11) is 1.42. The van der Waals surface area contributed by atoms with E-state index in [1.807, 2.05) is 59.5 Å². The first-order valence-corrected chi connectivity index (χ1v) is 12.9. The van der Waals surface area contributed by atoms with Crippen molar-refractivity contribution in [2.45, 2.75) is 25.8 Å². The van der Waals surface area contributed by atoms with E-state index < -0.39 is 0 Å². The van der Waals surface area contributed by atoms with Crippen molar-refractivity contribution in [2.24, 2.45) is 0 Å². The average molecular weight is 487 g/mol. The Balaban J connectivity index is 1.37. The number of amides is 1. The van der Waals surface area contributed by atoms with Gasteiger partial charge in [-0.05, 0) is 30.9 Å². The van der Waals surface area contributed by atoms with Crippen LogP contribution in [0.3, 0.4) is 0 Å². The van der Waals surface area contributed by atoms with Crippen LogP contribution in [-0.2, 0) is 16.1 Å². The molecule has 188 valence electrons. The number of rotatable bonds is 6. The lowest BCUT2D eigenvalue weighted by Gasteiger charge is -2.36. The number of pyridine rings is 1. The number of fused-ring (bicyclic) bond motifs is 1. The number of likely N-dealkylation sites (tertiary alicyclic amines) is 1. The molecule has 2 saturated heterocycles. The Kier molecular flexibility index (Phi) is 7.58. The Bertz CT molecular complexity index is 1220. The molecular formula is C29H34N4O3. The number of carbonyl (C=O) groups excluding carboxylic acids is 2. The predicted octanol–water partition coefficient (Wildman–Crippen LogP) is 3.82. The SMILES string of the molecule is COC(=O)c1c(CN2CCN(CC(=O)N3CCCCC3)CC2)nc2ccccc2c1-c1ccccc1. The number of para-hydroxylation sites is 1. The highest BCUT2D eigenvalue weighted by atomic mass is 16.5. The van der Waals surface area contributed by atoms with Crippen LogP contribution in [0.15, 0.2) is 54.6 Å². The van der Waals surface area contributed by atoms with Crippen molar-refractivity contribution in [3.05, 3.63) is 65.9 Å². The van der Waals surface area contributed by atoms with Crippen LogP contribution in [-0.4, -0.2) is 84.5 Å². The molecule has 2 aromatic carbocycles. The molecule has 0 radical (unpaired) electrons. The van der Waals surface area contributed by atoms with Crippen LogP contribution in [0.2, 0.25) is 0 Å². The zero-order valence-electron chi connectivity index (χ0n) is 21.0. The zero-order valence-corrected chi connectivity index (χ0v) is 21.0. The van der Waals surface area contributed by atoms with Gasteiger partial charge >= 0.3 is 5.97 Å². The summed E-state index contributed by atoms with van der Waals surface area (Å²) < 4.78 is 5.25. The van der Waals surface area contributed by atoms with E-state index in [4.69, 9.17) is 9.72 Å². The standard InChI is InChI=1S/C29H34N4O3/c1-36-29(35)28-25(30-24-13-7-6-12-23(24)27(28)22-10-4-2-5-11-22)20-31-16-18-32(19-17-31)21-26(34)33-14-8-3-9-15-33/h2,4-7,10-13H,3,8-9,14-21H2,1H3. The van der Waals surface area contributed by atoms with E-state index >= 15 is 0 Å². The quantitative estimate of drug-likeness (QED) is 0.494. The minimum absolute atomic E-state index is 0.250. The van der Waals surface area contributed by atoms with Gasteiger partial charge in [0.05, 0.1) is 30.4 Å². The molecule has 7 heteroatoms. The Morgan fingerprint density at radius 3 is 2.22 bits per heavy atom. The number of ether oxygens (including phenoxy) is 1. The molecule has 0 bridgehead atoms. The van der Waals surface area contributed by atoms with Crippen LogP contribution in [0.25, 0.3) is 22.0 Å². The van der Waals surface area contributed by atoms with Gasteiger partial charge in [-0.1, -0.05) is 48.5 Å². The lowest BCUT2D eigenvalue weighted by Crippen LogP contribution is -2.50. The Morgan fingerprint density at radius 1 is 0.833 bits per heavy atom. The third kappa shape index (κ3) is 5.27. The summed E-state index contributed by atoms with van der Waals surface area (Å²) in [5.74, 6) is -0.118. The molecule has 2 fully saturated rings. The van der Waals surface area contributed by atoms with Gasteiger partial charge in [-0.2, -0.15) is 0 Å². The second-order valence-corrected chi connectivity index (χ2v) is 9.68. The van der Waals surface area contributed by atoms with E-state index in [1.165, 1.54) is 13.5 Å². The number of aromatic nitrogens is 1. The summed E-state index contributed by atoms with van der Waals surface area (Å²) >= 11 is 0. The third-order valence-corrected chi connectivity index (χ3v) is 7.33. The highest BCUT2D eigenvalue weighted by Crippen LogP contribution is 2.34. The summed E-state index contributed by atoms with van der Waals surface area (Å²) in [5.41, 5.74) is 3.97. The summed E-state index contributed by atoms with van der Waals surface area (Å²) in [6.45, 7) is 6.14. The van der Waals surface area contributed by atoms with Crippen molar-refractivity contribution in [3.8, 4) is 11.1 Å². The van der Waals surface area contributed by atoms with E-state index in [0.717, 1.165) is 79.8 Å². The number of piperidine rings is 1. The molecular weight excluding hydrogens is 452 g/mol. The molecule has 0 unspecified atom stereocenters. The van der Waals surface area contributed by atoms with Gasteiger partial charge in [0.2, 0.25) is 5.91 Å². The smallest absolute Gasteiger partial charge is 0.340 e. The molecule has 3 aromatic rings. The lowest BCUT2D eigenvalue weighted by atomic mass is 9.93. The lowest BCUT2D eigenvalue weighted by molar-refractivity contribution is -0.133. The van der Waals surface area contributed by atoms with Crippen molar-refractivity contribution < 1.29 is 14.3 Å². The molecule has 5 rings (SSSR count). The predicted molar refractivity (Wildman–Crippen MR) is 141 cm³/mol. The highest BCUT2D eigenvalue weighted by Gasteiger charge is 2.27. The van der Waals surface area contributed by atoms with Crippen molar-refractivity contribution in [3.63, 3.8) is 0 Å². The first-order chi connectivity index (χ1) is 17.6. The van der Waals surface area contributed by atoms with Crippen molar-refractivity contribution in [2.75, 3.05) is 52.9 Å². The number of methoxy groups -OCH3 is 1. The molecule has 2 aliphatic heterocycles. The number of piperazine rings is 1. The molecule has 2 aliphatic rings. The van der Waals surface area contributed by atoms with Gasteiger partial charge in [0.15, 0.2) is 0 Å². The van der Waals surface area contributed by atoms with Crippen LogP contribution in [0.1, 0.15) is 35.3 Å². The van der Waals surface area contributed by atoms with Crippen LogP contribution in [0, 0.1) is 0 Å². The second-order valence-electron chi connectivity index (χ2n) is 9.68. The minimum atomic E-state index is -0.368. The summed E-state index contributed by atoms with van der Waals surface area (Å²) in [5, 5.41) is 0.939. The van der Waals surface area contributed by atoms with E-state index in [9.17, 15) is 9.59 Å². The van der Waals surface area contributed by atoms with E-state index in [-0.39, 0.29) is 11.9 Å². The fourth-order valence-electron chi connectivity index (χ4n) is 5.36. The Morgan fingerprint density at radius 2 is 1.50 bits per heavy atom. The van der Waals surface area contributed by atoms with Crippen LogP contribution in [0.4, 0.5) is 0 Å². The van der Waals surface area contributed by atoms with Gasteiger partial charge in [0.25, 0.3) is 0 Å². The zero-order chi connectivity index (χ0) is 24.9. The minimum Gasteiger partial charge on any atom is -0.465 e. The second kappa shape index (κ2) is 11.2. The van der Waals surface area contributed by atoms with E-state index in [2.05, 4.69) is 9.80 Å². The van der Waals surface area contributed by atoms with Crippen LogP contribution in [0.5, 0.6) is 0 Å². The first-order valence-electron chi connectivity index (χ1n) is 12.9. The van der Waals surface area contributed by atoms with Gasteiger partial charge < -0.3 is 9.64 Å². The molecule has 0 saturated carbocycles. The molecule has 0 spiro atoms. The number of hydrogen-bond acceptors (Lipinski definition) is 6. The van der Waals surface area contributed by atoms with Gasteiger partial charge in [-0.15, -0.1) is 0 Å². The number of nitrogens with zero attached hydrogens (tertiary/aromatic N) is 4. The van der Waals surface area contributed by atoms with Crippen LogP contribution < -0.4 is 0 Å².